The van der Waals surface area contributed by atoms with Crippen molar-refractivity contribution in [1.82, 2.24) is 10.2 Å². The number of halogens is 2. The third-order valence-electron chi connectivity index (χ3n) is 5.44. The molecule has 184 valence electrons. The Labute approximate surface area is 215 Å². The Hall–Kier alpha value is -3.07. The quantitative estimate of drug-likeness (QED) is 0.442. The number of carbonyl (C=O) groups excluding carboxylic acids is 2. The van der Waals surface area contributed by atoms with E-state index in [1.165, 1.54) is 36.2 Å². The van der Waals surface area contributed by atoms with E-state index in [4.69, 9.17) is 23.2 Å². The molecule has 0 fully saturated rings. The SMILES string of the molecule is CNC(=O)[C@@H](C)N(Cc1ccccc1Cl)C(=O)CN(c1ccccc1)S(=O)(=O)c1ccc(Cl)cc1. The summed E-state index contributed by atoms with van der Waals surface area (Å²) < 4.78 is 28.2. The number of para-hydroxylation sites is 1. The Morgan fingerprint density at radius 3 is 2.11 bits per heavy atom. The van der Waals surface area contributed by atoms with Gasteiger partial charge in [-0.1, -0.05) is 59.6 Å². The molecule has 1 N–H and O–H groups in total. The maximum Gasteiger partial charge on any atom is 0.264 e. The van der Waals surface area contributed by atoms with Gasteiger partial charge in [-0.15, -0.1) is 0 Å². The van der Waals surface area contributed by atoms with Crippen molar-refractivity contribution in [2.24, 2.45) is 0 Å². The Kier molecular flexibility index (Phi) is 8.77. The number of amides is 2. The van der Waals surface area contributed by atoms with E-state index >= 15 is 0 Å². The number of sulfonamides is 1. The molecule has 1 atom stereocenters. The zero-order valence-corrected chi connectivity index (χ0v) is 21.5. The van der Waals surface area contributed by atoms with Gasteiger partial charge in [-0.3, -0.25) is 13.9 Å². The summed E-state index contributed by atoms with van der Waals surface area (Å²) in [4.78, 5) is 27.4. The summed E-state index contributed by atoms with van der Waals surface area (Å²) in [6.07, 6.45) is 0. The van der Waals surface area contributed by atoms with Gasteiger partial charge in [0.05, 0.1) is 10.6 Å². The zero-order chi connectivity index (χ0) is 25.6. The largest absolute Gasteiger partial charge is 0.357 e. The zero-order valence-electron chi connectivity index (χ0n) is 19.2. The fourth-order valence-electron chi connectivity index (χ4n) is 3.46. The Bertz CT molecular complexity index is 1290. The highest BCUT2D eigenvalue weighted by molar-refractivity contribution is 7.92. The predicted octanol–water partition coefficient (Wildman–Crippen LogP) is 4.35. The third-order valence-corrected chi connectivity index (χ3v) is 7.85. The maximum absolute atomic E-state index is 13.6. The first-order valence-corrected chi connectivity index (χ1v) is 12.9. The van der Waals surface area contributed by atoms with Gasteiger partial charge in [0.1, 0.15) is 12.6 Å². The summed E-state index contributed by atoms with van der Waals surface area (Å²) in [5.41, 5.74) is 0.936. The van der Waals surface area contributed by atoms with Crippen LogP contribution in [0.4, 0.5) is 5.69 Å². The topological polar surface area (TPSA) is 86.8 Å². The number of anilines is 1. The second kappa shape index (κ2) is 11.6. The molecule has 3 aromatic carbocycles. The van der Waals surface area contributed by atoms with Gasteiger partial charge in [0.2, 0.25) is 11.8 Å². The molecule has 2 amide bonds. The molecule has 0 aliphatic rings. The molecule has 3 aromatic rings. The van der Waals surface area contributed by atoms with Gasteiger partial charge < -0.3 is 10.2 Å². The highest BCUT2D eigenvalue weighted by Gasteiger charge is 2.32. The minimum Gasteiger partial charge on any atom is -0.357 e. The van der Waals surface area contributed by atoms with Crippen molar-refractivity contribution < 1.29 is 18.0 Å². The molecule has 0 unspecified atom stereocenters. The van der Waals surface area contributed by atoms with E-state index in [0.29, 0.717) is 21.3 Å². The molecule has 0 aromatic heterocycles. The highest BCUT2D eigenvalue weighted by atomic mass is 35.5. The Morgan fingerprint density at radius 2 is 1.51 bits per heavy atom. The maximum atomic E-state index is 13.6. The molecular formula is C25H25Cl2N3O4S. The molecule has 0 spiro atoms. The molecule has 0 saturated heterocycles. The van der Waals surface area contributed by atoms with Crippen molar-refractivity contribution in [2.45, 2.75) is 24.4 Å². The molecule has 0 radical (unpaired) electrons. The highest BCUT2D eigenvalue weighted by Crippen LogP contribution is 2.26. The second-order valence-electron chi connectivity index (χ2n) is 7.70. The fraction of sp³-hybridized carbons (Fsp3) is 0.200. The van der Waals surface area contributed by atoms with Crippen LogP contribution in [0.2, 0.25) is 10.0 Å². The molecule has 0 aliphatic heterocycles. The van der Waals surface area contributed by atoms with Gasteiger partial charge in [0, 0.05) is 23.6 Å². The first kappa shape index (κ1) is 26.5. The lowest BCUT2D eigenvalue weighted by Gasteiger charge is -2.32. The lowest BCUT2D eigenvalue weighted by molar-refractivity contribution is -0.139. The van der Waals surface area contributed by atoms with E-state index in [2.05, 4.69) is 5.32 Å². The minimum atomic E-state index is -4.13. The van der Waals surface area contributed by atoms with Crippen LogP contribution in [0.25, 0.3) is 0 Å². The summed E-state index contributed by atoms with van der Waals surface area (Å²) in [7, 11) is -2.66. The van der Waals surface area contributed by atoms with Crippen LogP contribution in [0, 0.1) is 0 Å². The standard InChI is InChI=1S/C25H25Cl2N3O4S/c1-18(25(32)28-2)29(16-19-8-6-7-11-23(19)27)24(31)17-30(21-9-4-3-5-10-21)35(33,34)22-14-12-20(26)13-15-22/h3-15,18H,16-17H2,1-2H3,(H,28,32)/t18-/m1/s1. The van der Waals surface area contributed by atoms with Gasteiger partial charge in [-0.25, -0.2) is 8.42 Å². The predicted molar refractivity (Wildman–Crippen MR) is 138 cm³/mol. The van der Waals surface area contributed by atoms with Crippen molar-refractivity contribution in [2.75, 3.05) is 17.9 Å². The lowest BCUT2D eigenvalue weighted by Crippen LogP contribution is -2.50. The summed E-state index contributed by atoms with van der Waals surface area (Å²) >= 11 is 12.2. The van der Waals surface area contributed by atoms with Crippen molar-refractivity contribution in [3.8, 4) is 0 Å². The van der Waals surface area contributed by atoms with Crippen LogP contribution >= 0.6 is 23.2 Å². The smallest absolute Gasteiger partial charge is 0.264 e. The van der Waals surface area contributed by atoms with Crippen LogP contribution in [0.1, 0.15) is 12.5 Å². The number of benzene rings is 3. The van der Waals surface area contributed by atoms with Crippen molar-refractivity contribution in [3.05, 3.63) is 94.5 Å². The number of carbonyl (C=O) groups is 2. The van der Waals surface area contributed by atoms with Crippen LogP contribution in [-0.4, -0.2) is 44.8 Å². The van der Waals surface area contributed by atoms with E-state index in [9.17, 15) is 18.0 Å². The van der Waals surface area contributed by atoms with Crippen molar-refractivity contribution >= 4 is 50.7 Å². The molecule has 7 nitrogen and oxygen atoms in total. The van der Waals surface area contributed by atoms with Gasteiger partial charge in [0.25, 0.3) is 10.0 Å². The second-order valence-corrected chi connectivity index (χ2v) is 10.4. The van der Waals surface area contributed by atoms with Gasteiger partial charge in [0.15, 0.2) is 0 Å². The number of hydrogen-bond acceptors (Lipinski definition) is 4. The average molecular weight is 534 g/mol. The summed E-state index contributed by atoms with van der Waals surface area (Å²) in [6.45, 7) is 1.08. The normalized spacial score (nSPS) is 12.0. The van der Waals surface area contributed by atoms with E-state index in [0.717, 1.165) is 4.31 Å². The molecule has 0 heterocycles. The number of hydrogen-bond donors (Lipinski definition) is 1. The van der Waals surface area contributed by atoms with Crippen LogP contribution in [0.15, 0.2) is 83.8 Å². The van der Waals surface area contributed by atoms with Gasteiger partial charge in [-0.2, -0.15) is 0 Å². The van der Waals surface area contributed by atoms with Crippen LogP contribution in [0.5, 0.6) is 0 Å². The first-order valence-electron chi connectivity index (χ1n) is 10.7. The third kappa shape index (κ3) is 6.33. The average Bonchev–Trinajstić information content (AvgIpc) is 2.86. The van der Waals surface area contributed by atoms with E-state index in [1.54, 1.807) is 61.5 Å². The first-order chi connectivity index (χ1) is 16.6. The van der Waals surface area contributed by atoms with E-state index in [1.807, 2.05) is 0 Å². The number of nitrogens with zero attached hydrogens (tertiary/aromatic N) is 2. The fourth-order valence-corrected chi connectivity index (χ4v) is 5.19. The molecule has 0 aliphatic carbocycles. The molecule has 10 heteroatoms. The Morgan fingerprint density at radius 1 is 0.914 bits per heavy atom. The van der Waals surface area contributed by atoms with E-state index < -0.39 is 34.4 Å². The Balaban J connectivity index is 2.01. The lowest BCUT2D eigenvalue weighted by atomic mass is 10.1. The van der Waals surface area contributed by atoms with E-state index in [-0.39, 0.29) is 11.4 Å². The van der Waals surface area contributed by atoms with Crippen molar-refractivity contribution in [3.63, 3.8) is 0 Å². The summed E-state index contributed by atoms with van der Waals surface area (Å²) in [5.74, 6) is -0.959. The number of likely N-dealkylation sites (N-methyl/N-ethyl adjacent to an activating group) is 1. The summed E-state index contributed by atoms with van der Waals surface area (Å²) in [6, 6.07) is 20.1. The molecule has 0 bridgehead atoms. The molecule has 0 saturated carbocycles. The number of rotatable bonds is 9. The van der Waals surface area contributed by atoms with Crippen LogP contribution in [-0.2, 0) is 26.2 Å². The molecular weight excluding hydrogens is 509 g/mol. The van der Waals surface area contributed by atoms with Gasteiger partial charge >= 0.3 is 0 Å². The summed E-state index contributed by atoms with van der Waals surface area (Å²) in [5, 5.41) is 3.36. The van der Waals surface area contributed by atoms with Crippen molar-refractivity contribution in [1.29, 1.82) is 0 Å². The van der Waals surface area contributed by atoms with Crippen LogP contribution < -0.4 is 9.62 Å². The minimum absolute atomic E-state index is 0.0180. The molecule has 35 heavy (non-hydrogen) atoms. The van der Waals surface area contributed by atoms with Crippen LogP contribution in [0.3, 0.4) is 0 Å². The number of nitrogens with one attached hydrogen (secondary N) is 1. The monoisotopic (exact) mass is 533 g/mol. The van der Waals surface area contributed by atoms with Gasteiger partial charge in [-0.05, 0) is 55.0 Å². The molecule has 3 rings (SSSR count).